The van der Waals surface area contributed by atoms with Crippen LogP contribution in [-0.4, -0.2) is 14.8 Å². The smallest absolute Gasteiger partial charge is 0.195 e. The van der Waals surface area contributed by atoms with Crippen molar-refractivity contribution in [2.24, 2.45) is 0 Å². The molecule has 1 N–H and O–H groups in total. The van der Waals surface area contributed by atoms with Gasteiger partial charge in [-0.25, -0.2) is 0 Å². The zero-order valence-corrected chi connectivity index (χ0v) is 11.2. The molecule has 0 amide bonds. The van der Waals surface area contributed by atoms with Crippen LogP contribution in [-0.2, 0) is 0 Å². The summed E-state index contributed by atoms with van der Waals surface area (Å²) in [6.07, 6.45) is 2.41. The van der Waals surface area contributed by atoms with Crippen LogP contribution in [0.2, 0.25) is 0 Å². The van der Waals surface area contributed by atoms with E-state index in [1.54, 1.807) is 0 Å². The molecule has 0 saturated heterocycles. The largest absolute Gasteiger partial charge is 0.297 e. The second kappa shape index (κ2) is 4.03. The molecule has 0 unspecified atom stereocenters. The van der Waals surface area contributed by atoms with E-state index in [-0.39, 0.29) is 0 Å². The van der Waals surface area contributed by atoms with Gasteiger partial charge in [0.05, 0.1) is 0 Å². The van der Waals surface area contributed by atoms with Gasteiger partial charge in [0, 0.05) is 11.6 Å². The number of rotatable bonds is 2. The van der Waals surface area contributed by atoms with Crippen molar-refractivity contribution < 1.29 is 0 Å². The number of hydrogen-bond acceptors (Lipinski definition) is 2. The summed E-state index contributed by atoms with van der Waals surface area (Å²) in [7, 11) is 0. The van der Waals surface area contributed by atoms with Gasteiger partial charge in [-0.3, -0.25) is 9.67 Å². The predicted molar refractivity (Wildman–Crippen MR) is 78.6 cm³/mol. The van der Waals surface area contributed by atoms with E-state index in [0.29, 0.717) is 6.04 Å². The van der Waals surface area contributed by atoms with Crippen molar-refractivity contribution >= 4 is 23.0 Å². The quantitative estimate of drug-likeness (QED) is 0.709. The molecule has 0 atom stereocenters. The number of aromatic nitrogens is 3. The second-order valence-electron chi connectivity index (χ2n) is 5.02. The number of nitrogens with zero attached hydrogens (tertiary/aromatic N) is 2. The Morgan fingerprint density at radius 2 is 1.89 bits per heavy atom. The lowest BCUT2D eigenvalue weighted by molar-refractivity contribution is 0.735. The molecule has 3 aromatic rings. The van der Waals surface area contributed by atoms with E-state index in [1.807, 2.05) is 0 Å². The van der Waals surface area contributed by atoms with Crippen molar-refractivity contribution in [3.63, 3.8) is 0 Å². The van der Waals surface area contributed by atoms with E-state index in [1.165, 1.54) is 23.6 Å². The summed E-state index contributed by atoms with van der Waals surface area (Å²) in [6, 6.07) is 15.3. The molecule has 4 rings (SSSR count). The van der Waals surface area contributed by atoms with Crippen molar-refractivity contribution in [1.82, 2.24) is 14.8 Å². The van der Waals surface area contributed by atoms with Crippen LogP contribution in [0.25, 0.3) is 22.2 Å². The Morgan fingerprint density at radius 1 is 1.11 bits per heavy atom. The maximum absolute atomic E-state index is 5.33. The lowest BCUT2D eigenvalue weighted by Crippen LogP contribution is -1.97. The topological polar surface area (TPSA) is 33.6 Å². The minimum Gasteiger partial charge on any atom is -0.297 e. The number of benzene rings is 2. The first-order chi connectivity index (χ1) is 9.33. The third-order valence-electron chi connectivity index (χ3n) is 3.62. The maximum Gasteiger partial charge on any atom is 0.195 e. The van der Waals surface area contributed by atoms with E-state index in [0.717, 1.165) is 16.2 Å². The van der Waals surface area contributed by atoms with Gasteiger partial charge in [0.15, 0.2) is 10.6 Å². The summed E-state index contributed by atoms with van der Waals surface area (Å²) < 4.78 is 2.88. The van der Waals surface area contributed by atoms with Crippen molar-refractivity contribution in [3.05, 3.63) is 47.2 Å². The number of hydrogen-bond donors (Lipinski definition) is 1. The lowest BCUT2D eigenvalue weighted by atomic mass is 10.1. The first-order valence-corrected chi connectivity index (χ1v) is 6.90. The van der Waals surface area contributed by atoms with Crippen LogP contribution < -0.4 is 0 Å². The maximum atomic E-state index is 5.33. The Bertz CT molecular complexity index is 811. The van der Waals surface area contributed by atoms with E-state index < -0.39 is 0 Å². The molecule has 0 spiro atoms. The highest BCUT2D eigenvalue weighted by atomic mass is 32.1. The molecule has 1 saturated carbocycles. The molecule has 1 aromatic heterocycles. The van der Waals surface area contributed by atoms with Gasteiger partial charge in [-0.05, 0) is 41.9 Å². The monoisotopic (exact) mass is 267 g/mol. The highest BCUT2D eigenvalue weighted by molar-refractivity contribution is 7.71. The van der Waals surface area contributed by atoms with Crippen LogP contribution in [0.5, 0.6) is 0 Å². The predicted octanol–water partition coefficient (Wildman–Crippen LogP) is 4.10. The van der Waals surface area contributed by atoms with Gasteiger partial charge in [-0.2, -0.15) is 5.10 Å². The molecular weight excluding hydrogens is 254 g/mol. The van der Waals surface area contributed by atoms with Crippen LogP contribution >= 0.6 is 12.2 Å². The number of aromatic amines is 1. The first-order valence-electron chi connectivity index (χ1n) is 6.49. The molecule has 94 valence electrons. The molecule has 0 aliphatic heterocycles. The normalized spacial score (nSPS) is 14.9. The van der Waals surface area contributed by atoms with Crippen molar-refractivity contribution in [3.8, 4) is 11.4 Å². The van der Waals surface area contributed by atoms with E-state index >= 15 is 0 Å². The zero-order valence-electron chi connectivity index (χ0n) is 10.3. The second-order valence-corrected chi connectivity index (χ2v) is 5.40. The van der Waals surface area contributed by atoms with Crippen LogP contribution in [0.15, 0.2) is 42.5 Å². The van der Waals surface area contributed by atoms with E-state index in [2.05, 4.69) is 57.2 Å². The Hall–Kier alpha value is -1.94. The molecular formula is C15H13N3S. The molecule has 2 aromatic carbocycles. The summed E-state index contributed by atoms with van der Waals surface area (Å²) in [5, 5.41) is 9.80. The third kappa shape index (κ3) is 1.79. The van der Waals surface area contributed by atoms with Gasteiger partial charge in [0.25, 0.3) is 0 Å². The fourth-order valence-electron chi connectivity index (χ4n) is 2.51. The Kier molecular flexibility index (Phi) is 2.32. The Balaban J connectivity index is 1.92. The third-order valence-corrected chi connectivity index (χ3v) is 3.91. The minimum absolute atomic E-state index is 0.535. The number of H-pyrrole nitrogens is 1. The fourth-order valence-corrected chi connectivity index (χ4v) is 2.79. The fraction of sp³-hybridized carbons (Fsp3) is 0.200. The van der Waals surface area contributed by atoms with Crippen LogP contribution in [0.1, 0.15) is 18.9 Å². The first kappa shape index (κ1) is 10.9. The minimum atomic E-state index is 0.535. The molecule has 3 nitrogen and oxygen atoms in total. The highest BCUT2D eigenvalue weighted by Crippen LogP contribution is 2.38. The Labute approximate surface area is 115 Å². The van der Waals surface area contributed by atoms with Crippen LogP contribution in [0.3, 0.4) is 0 Å². The SMILES string of the molecule is S=c1[nH]nc(-c2ccc3ccccc3c2)n1C1CC1. The van der Waals surface area contributed by atoms with Crippen LogP contribution in [0.4, 0.5) is 0 Å². The summed E-state index contributed by atoms with van der Waals surface area (Å²) >= 11 is 5.33. The summed E-state index contributed by atoms with van der Waals surface area (Å²) in [6.45, 7) is 0. The Morgan fingerprint density at radius 3 is 2.68 bits per heavy atom. The van der Waals surface area contributed by atoms with Gasteiger partial charge in [0.2, 0.25) is 0 Å². The van der Waals surface area contributed by atoms with E-state index in [9.17, 15) is 0 Å². The van der Waals surface area contributed by atoms with Gasteiger partial charge < -0.3 is 0 Å². The molecule has 1 aliphatic rings. The van der Waals surface area contributed by atoms with Crippen LogP contribution in [0, 0.1) is 4.77 Å². The van der Waals surface area contributed by atoms with Gasteiger partial charge in [0.1, 0.15) is 0 Å². The van der Waals surface area contributed by atoms with Crippen molar-refractivity contribution in [2.75, 3.05) is 0 Å². The summed E-state index contributed by atoms with van der Waals surface area (Å²) in [4.78, 5) is 0. The summed E-state index contributed by atoms with van der Waals surface area (Å²) in [5.41, 5.74) is 1.12. The molecule has 1 heterocycles. The average Bonchev–Trinajstić information content (AvgIpc) is 3.21. The van der Waals surface area contributed by atoms with Gasteiger partial charge >= 0.3 is 0 Å². The molecule has 0 radical (unpaired) electrons. The van der Waals surface area contributed by atoms with Gasteiger partial charge in [-0.1, -0.05) is 36.4 Å². The molecule has 1 fully saturated rings. The van der Waals surface area contributed by atoms with Crippen molar-refractivity contribution in [2.45, 2.75) is 18.9 Å². The average molecular weight is 267 g/mol. The summed E-state index contributed by atoms with van der Waals surface area (Å²) in [5.74, 6) is 0.957. The van der Waals surface area contributed by atoms with E-state index in [4.69, 9.17) is 12.2 Å². The zero-order chi connectivity index (χ0) is 12.8. The van der Waals surface area contributed by atoms with Gasteiger partial charge in [-0.15, -0.1) is 0 Å². The highest BCUT2D eigenvalue weighted by Gasteiger charge is 2.27. The standard InChI is InChI=1S/C15H13N3S/c19-15-17-16-14(18(15)13-7-8-13)12-6-5-10-3-1-2-4-11(10)9-12/h1-6,9,13H,7-8H2,(H,17,19). The van der Waals surface area contributed by atoms with Crippen molar-refractivity contribution in [1.29, 1.82) is 0 Å². The molecule has 0 bridgehead atoms. The molecule has 1 aliphatic carbocycles. The molecule has 4 heteroatoms. The number of fused-ring (bicyclic) bond motifs is 1. The molecule has 19 heavy (non-hydrogen) atoms. The lowest BCUT2D eigenvalue weighted by Gasteiger charge is -2.06. The number of nitrogens with one attached hydrogen (secondary N) is 1.